The van der Waals surface area contributed by atoms with Gasteiger partial charge in [0.1, 0.15) is 0 Å². The van der Waals surface area contributed by atoms with E-state index in [-0.39, 0.29) is 25.7 Å². The van der Waals surface area contributed by atoms with Crippen molar-refractivity contribution in [1.29, 1.82) is 0 Å². The Kier molecular flexibility index (Phi) is 4.51. The molecule has 0 radical (unpaired) electrons. The third-order valence-electron chi connectivity index (χ3n) is 2.24. The van der Waals surface area contributed by atoms with E-state index in [9.17, 15) is 4.79 Å². The summed E-state index contributed by atoms with van der Waals surface area (Å²) >= 11 is 0. The number of nitrogens with two attached hydrogens (primary N) is 1. The number of hydrogen-bond acceptors (Lipinski definition) is 4. The number of aliphatic hydroxyl groups is 2. The highest BCUT2D eigenvalue weighted by atomic mass is 16.3. The standard InChI is InChI=1S/C9H20N2O3/c1-8(2,4-10)7(14)11-9(3,5-12)6-13/h12-13H,4-6,10H2,1-3H3,(H,11,14). The van der Waals surface area contributed by atoms with Crippen molar-refractivity contribution in [2.24, 2.45) is 11.1 Å². The zero-order chi connectivity index (χ0) is 11.4. The van der Waals surface area contributed by atoms with Crippen molar-refractivity contribution in [1.82, 2.24) is 5.32 Å². The quantitative estimate of drug-likeness (QED) is 0.454. The van der Waals surface area contributed by atoms with Gasteiger partial charge >= 0.3 is 0 Å². The summed E-state index contributed by atoms with van der Waals surface area (Å²) in [5.41, 5.74) is 3.75. The summed E-state index contributed by atoms with van der Waals surface area (Å²) < 4.78 is 0. The molecule has 1 amide bonds. The summed E-state index contributed by atoms with van der Waals surface area (Å²) in [6, 6.07) is 0. The molecule has 5 nitrogen and oxygen atoms in total. The van der Waals surface area contributed by atoms with E-state index >= 15 is 0 Å². The molecule has 0 aliphatic heterocycles. The zero-order valence-electron chi connectivity index (χ0n) is 9.00. The number of rotatable bonds is 5. The van der Waals surface area contributed by atoms with E-state index in [0.29, 0.717) is 0 Å². The monoisotopic (exact) mass is 204 g/mol. The number of nitrogens with one attached hydrogen (secondary N) is 1. The minimum absolute atomic E-state index is 0.214. The minimum atomic E-state index is -0.983. The van der Waals surface area contributed by atoms with Crippen LogP contribution in [0.5, 0.6) is 0 Å². The van der Waals surface area contributed by atoms with Gasteiger partial charge in [0, 0.05) is 6.54 Å². The van der Waals surface area contributed by atoms with Gasteiger partial charge in [-0.25, -0.2) is 0 Å². The number of aliphatic hydroxyl groups excluding tert-OH is 2. The van der Waals surface area contributed by atoms with Crippen LogP contribution < -0.4 is 11.1 Å². The van der Waals surface area contributed by atoms with E-state index in [1.807, 2.05) is 0 Å². The van der Waals surface area contributed by atoms with Gasteiger partial charge in [-0.05, 0) is 20.8 Å². The van der Waals surface area contributed by atoms with E-state index < -0.39 is 11.0 Å². The van der Waals surface area contributed by atoms with Crippen LogP contribution in [0.15, 0.2) is 0 Å². The fourth-order valence-corrected chi connectivity index (χ4v) is 0.665. The van der Waals surface area contributed by atoms with Gasteiger partial charge in [0.2, 0.25) is 5.91 Å². The van der Waals surface area contributed by atoms with Crippen molar-refractivity contribution in [3.63, 3.8) is 0 Å². The first kappa shape index (κ1) is 13.4. The van der Waals surface area contributed by atoms with Gasteiger partial charge in [0.15, 0.2) is 0 Å². The summed E-state index contributed by atoms with van der Waals surface area (Å²) in [5.74, 6) is -0.273. The van der Waals surface area contributed by atoms with E-state index in [1.165, 1.54) is 0 Å². The third-order valence-corrected chi connectivity index (χ3v) is 2.24. The molecule has 0 aromatic heterocycles. The normalized spacial score (nSPS) is 12.7. The molecule has 14 heavy (non-hydrogen) atoms. The fraction of sp³-hybridized carbons (Fsp3) is 0.889. The summed E-state index contributed by atoms with van der Waals surface area (Å²) in [6.07, 6.45) is 0. The van der Waals surface area contributed by atoms with Crippen molar-refractivity contribution in [2.75, 3.05) is 19.8 Å². The first-order valence-corrected chi connectivity index (χ1v) is 4.56. The van der Waals surface area contributed by atoms with Crippen molar-refractivity contribution in [2.45, 2.75) is 26.3 Å². The Morgan fingerprint density at radius 1 is 1.29 bits per heavy atom. The molecule has 0 aromatic rings. The van der Waals surface area contributed by atoms with Crippen LogP contribution in [-0.4, -0.2) is 41.4 Å². The SMILES string of the molecule is CC(CO)(CO)NC(=O)C(C)(C)CN. The predicted octanol–water partition coefficient (Wildman–Crippen LogP) is -1.17. The van der Waals surface area contributed by atoms with Crippen LogP contribution in [0.2, 0.25) is 0 Å². The van der Waals surface area contributed by atoms with E-state index in [1.54, 1.807) is 20.8 Å². The highest BCUT2D eigenvalue weighted by Crippen LogP contribution is 2.14. The first-order chi connectivity index (χ1) is 6.31. The Hall–Kier alpha value is -0.650. The van der Waals surface area contributed by atoms with Gasteiger partial charge in [0.25, 0.3) is 0 Å². The minimum Gasteiger partial charge on any atom is -0.394 e. The van der Waals surface area contributed by atoms with Gasteiger partial charge in [0.05, 0.1) is 24.2 Å². The molecule has 0 atom stereocenters. The molecule has 0 saturated carbocycles. The van der Waals surface area contributed by atoms with Crippen LogP contribution in [0, 0.1) is 5.41 Å². The number of carbonyl (C=O) groups is 1. The second kappa shape index (κ2) is 4.72. The van der Waals surface area contributed by atoms with Crippen LogP contribution >= 0.6 is 0 Å². The molecule has 0 saturated heterocycles. The van der Waals surface area contributed by atoms with Crippen molar-refractivity contribution in [3.8, 4) is 0 Å². The van der Waals surface area contributed by atoms with E-state index in [2.05, 4.69) is 5.32 Å². The second-order valence-electron chi connectivity index (χ2n) is 4.42. The van der Waals surface area contributed by atoms with Gasteiger partial charge < -0.3 is 21.3 Å². The molecular formula is C9H20N2O3. The van der Waals surface area contributed by atoms with Gasteiger partial charge in [-0.15, -0.1) is 0 Å². The molecule has 0 heterocycles. The lowest BCUT2D eigenvalue weighted by atomic mass is 9.91. The Bertz CT molecular complexity index is 200. The number of carbonyl (C=O) groups excluding carboxylic acids is 1. The van der Waals surface area contributed by atoms with Crippen molar-refractivity contribution in [3.05, 3.63) is 0 Å². The van der Waals surface area contributed by atoms with E-state index in [0.717, 1.165) is 0 Å². The van der Waals surface area contributed by atoms with Crippen LogP contribution in [0.4, 0.5) is 0 Å². The molecule has 0 bridgehead atoms. The molecule has 5 N–H and O–H groups in total. The van der Waals surface area contributed by atoms with Gasteiger partial charge in [-0.3, -0.25) is 4.79 Å². The van der Waals surface area contributed by atoms with Crippen LogP contribution in [-0.2, 0) is 4.79 Å². The first-order valence-electron chi connectivity index (χ1n) is 4.56. The summed E-state index contributed by atoms with van der Waals surface area (Å²) in [7, 11) is 0. The Balaban J connectivity index is 4.45. The maximum absolute atomic E-state index is 11.6. The topological polar surface area (TPSA) is 95.6 Å². The maximum atomic E-state index is 11.6. The largest absolute Gasteiger partial charge is 0.394 e. The van der Waals surface area contributed by atoms with E-state index in [4.69, 9.17) is 15.9 Å². The Labute approximate surface area is 84.3 Å². The average Bonchev–Trinajstić information content (AvgIpc) is 2.17. The van der Waals surface area contributed by atoms with Crippen molar-refractivity contribution < 1.29 is 15.0 Å². The third kappa shape index (κ3) is 3.25. The van der Waals surface area contributed by atoms with Crippen LogP contribution in [0.3, 0.4) is 0 Å². The summed E-state index contributed by atoms with van der Waals surface area (Å²) in [6.45, 7) is 4.57. The maximum Gasteiger partial charge on any atom is 0.227 e. The van der Waals surface area contributed by atoms with Gasteiger partial charge in [-0.1, -0.05) is 0 Å². The lowest BCUT2D eigenvalue weighted by Crippen LogP contribution is -2.56. The number of hydrogen-bond donors (Lipinski definition) is 4. The molecule has 0 rings (SSSR count). The zero-order valence-corrected chi connectivity index (χ0v) is 9.00. The highest BCUT2D eigenvalue weighted by Gasteiger charge is 2.32. The molecule has 5 heteroatoms. The summed E-state index contributed by atoms with van der Waals surface area (Å²) in [4.78, 5) is 11.6. The predicted molar refractivity (Wildman–Crippen MR) is 53.6 cm³/mol. The molecule has 0 spiro atoms. The van der Waals surface area contributed by atoms with Crippen LogP contribution in [0.25, 0.3) is 0 Å². The fourth-order valence-electron chi connectivity index (χ4n) is 0.665. The molecule has 0 aliphatic carbocycles. The van der Waals surface area contributed by atoms with Crippen LogP contribution in [0.1, 0.15) is 20.8 Å². The second-order valence-corrected chi connectivity index (χ2v) is 4.42. The Morgan fingerprint density at radius 3 is 2.00 bits per heavy atom. The number of amides is 1. The Morgan fingerprint density at radius 2 is 1.71 bits per heavy atom. The lowest BCUT2D eigenvalue weighted by molar-refractivity contribution is -0.132. The molecule has 0 fully saturated rings. The molecule has 0 unspecified atom stereocenters. The molecular weight excluding hydrogens is 184 g/mol. The summed E-state index contributed by atoms with van der Waals surface area (Å²) in [5, 5.41) is 20.5. The van der Waals surface area contributed by atoms with Crippen molar-refractivity contribution >= 4 is 5.91 Å². The molecule has 0 aliphatic rings. The lowest BCUT2D eigenvalue weighted by Gasteiger charge is -2.31. The highest BCUT2D eigenvalue weighted by molar-refractivity contribution is 5.82. The molecule has 0 aromatic carbocycles. The van der Waals surface area contributed by atoms with Gasteiger partial charge in [-0.2, -0.15) is 0 Å². The molecule has 84 valence electrons. The smallest absolute Gasteiger partial charge is 0.227 e. The average molecular weight is 204 g/mol.